The van der Waals surface area contributed by atoms with Gasteiger partial charge in [-0.1, -0.05) is 11.6 Å². The first-order valence-electron chi connectivity index (χ1n) is 5.42. The van der Waals surface area contributed by atoms with E-state index in [2.05, 4.69) is 0 Å². The van der Waals surface area contributed by atoms with Crippen LogP contribution in [0, 0.1) is 0 Å². The molecule has 4 heteroatoms. The zero-order chi connectivity index (χ0) is 11.7. The van der Waals surface area contributed by atoms with Crippen LogP contribution in [0.5, 0.6) is 0 Å². The number of nitrogens with zero attached hydrogens (tertiary/aromatic N) is 1. The van der Waals surface area contributed by atoms with E-state index in [4.69, 9.17) is 17.3 Å². The summed E-state index contributed by atoms with van der Waals surface area (Å²) in [4.78, 5) is 13.9. The Kier molecular flexibility index (Phi) is 3.06. The largest absolute Gasteiger partial charge is 0.398 e. The van der Waals surface area contributed by atoms with Gasteiger partial charge in [0.15, 0.2) is 0 Å². The van der Waals surface area contributed by atoms with E-state index in [9.17, 15) is 4.79 Å². The fourth-order valence-corrected chi connectivity index (χ4v) is 1.98. The Balaban J connectivity index is 2.16. The van der Waals surface area contributed by atoms with Crippen molar-refractivity contribution < 1.29 is 4.79 Å². The van der Waals surface area contributed by atoms with Gasteiger partial charge in [0, 0.05) is 18.7 Å². The monoisotopic (exact) mass is 238 g/mol. The van der Waals surface area contributed by atoms with Gasteiger partial charge in [-0.15, -0.1) is 0 Å². The number of nitrogen functional groups attached to an aromatic ring is 1. The molecule has 0 bridgehead atoms. The summed E-state index contributed by atoms with van der Waals surface area (Å²) in [6.07, 6.45) is 3.42. The molecule has 1 saturated carbocycles. The first-order chi connectivity index (χ1) is 7.59. The number of carbonyl (C=O) groups excluding carboxylic acids is 1. The lowest BCUT2D eigenvalue weighted by Gasteiger charge is -2.34. The van der Waals surface area contributed by atoms with Crippen molar-refractivity contribution in [2.45, 2.75) is 25.3 Å². The number of rotatable bonds is 2. The van der Waals surface area contributed by atoms with Crippen LogP contribution in [-0.2, 0) is 0 Å². The number of carbonyl (C=O) groups is 1. The van der Waals surface area contributed by atoms with Gasteiger partial charge < -0.3 is 10.6 Å². The average molecular weight is 239 g/mol. The Morgan fingerprint density at radius 2 is 2.19 bits per heavy atom. The molecular weight excluding hydrogens is 224 g/mol. The molecule has 0 aliphatic heterocycles. The van der Waals surface area contributed by atoms with Crippen LogP contribution in [0.3, 0.4) is 0 Å². The molecule has 3 nitrogen and oxygen atoms in total. The minimum absolute atomic E-state index is 0.0200. The summed E-state index contributed by atoms with van der Waals surface area (Å²) in [6, 6.07) is 5.42. The molecule has 86 valence electrons. The van der Waals surface area contributed by atoms with E-state index in [1.165, 1.54) is 6.42 Å². The number of hydrogen-bond donors (Lipinski definition) is 1. The van der Waals surface area contributed by atoms with Crippen molar-refractivity contribution in [2.24, 2.45) is 0 Å². The summed E-state index contributed by atoms with van der Waals surface area (Å²) >= 11 is 5.89. The molecule has 16 heavy (non-hydrogen) atoms. The van der Waals surface area contributed by atoms with E-state index in [1.54, 1.807) is 23.1 Å². The highest BCUT2D eigenvalue weighted by Crippen LogP contribution is 2.26. The molecule has 0 aromatic heterocycles. The van der Waals surface area contributed by atoms with E-state index in [1.807, 2.05) is 7.05 Å². The molecule has 1 aromatic carbocycles. The van der Waals surface area contributed by atoms with Crippen molar-refractivity contribution in [1.82, 2.24) is 4.90 Å². The molecule has 0 spiro atoms. The van der Waals surface area contributed by atoms with E-state index < -0.39 is 0 Å². The third-order valence-corrected chi connectivity index (χ3v) is 3.52. The molecule has 0 unspecified atom stereocenters. The molecule has 0 saturated heterocycles. The van der Waals surface area contributed by atoms with Gasteiger partial charge in [0.05, 0.1) is 10.7 Å². The Hall–Kier alpha value is -1.22. The predicted molar refractivity (Wildman–Crippen MR) is 65.6 cm³/mol. The lowest BCUT2D eigenvalue weighted by Crippen LogP contribution is -2.41. The third-order valence-electron chi connectivity index (χ3n) is 3.19. The molecular formula is C12H15ClN2O. The van der Waals surface area contributed by atoms with Crippen molar-refractivity contribution >= 4 is 23.2 Å². The van der Waals surface area contributed by atoms with E-state index in [0.29, 0.717) is 22.3 Å². The molecule has 2 N–H and O–H groups in total. The Morgan fingerprint density at radius 1 is 1.50 bits per heavy atom. The van der Waals surface area contributed by atoms with Crippen LogP contribution in [0.1, 0.15) is 29.6 Å². The smallest absolute Gasteiger partial charge is 0.253 e. The Bertz CT molecular complexity index is 415. The fourth-order valence-electron chi connectivity index (χ4n) is 1.80. The van der Waals surface area contributed by atoms with Crippen molar-refractivity contribution in [3.8, 4) is 0 Å². The highest BCUT2D eigenvalue weighted by atomic mass is 35.5. The molecule has 1 fully saturated rings. The van der Waals surface area contributed by atoms with Crippen molar-refractivity contribution in [2.75, 3.05) is 12.8 Å². The van der Waals surface area contributed by atoms with Crippen LogP contribution in [0.25, 0.3) is 0 Å². The van der Waals surface area contributed by atoms with E-state index in [-0.39, 0.29) is 5.91 Å². The maximum Gasteiger partial charge on any atom is 0.253 e. The van der Waals surface area contributed by atoms with Crippen molar-refractivity contribution in [3.63, 3.8) is 0 Å². The summed E-state index contributed by atoms with van der Waals surface area (Å²) in [5, 5.41) is 0.438. The van der Waals surface area contributed by atoms with Gasteiger partial charge in [-0.2, -0.15) is 0 Å². The maximum atomic E-state index is 12.1. The van der Waals surface area contributed by atoms with Gasteiger partial charge >= 0.3 is 0 Å². The number of hydrogen-bond acceptors (Lipinski definition) is 2. The lowest BCUT2D eigenvalue weighted by molar-refractivity contribution is 0.0652. The highest BCUT2D eigenvalue weighted by Gasteiger charge is 2.26. The molecule has 0 radical (unpaired) electrons. The van der Waals surface area contributed by atoms with Crippen LogP contribution in [-0.4, -0.2) is 23.9 Å². The number of halogens is 1. The van der Waals surface area contributed by atoms with Gasteiger partial charge in [0.1, 0.15) is 0 Å². The van der Waals surface area contributed by atoms with Crippen LogP contribution in [0.15, 0.2) is 18.2 Å². The number of anilines is 1. The van der Waals surface area contributed by atoms with Gasteiger partial charge in [0.25, 0.3) is 5.91 Å². The SMILES string of the molecule is CN(C(=O)c1ccc(N)c(Cl)c1)C1CCC1. The highest BCUT2D eigenvalue weighted by molar-refractivity contribution is 6.33. The van der Waals surface area contributed by atoms with Gasteiger partial charge in [-0.25, -0.2) is 0 Å². The predicted octanol–water partition coefficient (Wildman–Crippen LogP) is 2.55. The van der Waals surface area contributed by atoms with Crippen LogP contribution in [0.2, 0.25) is 5.02 Å². The topological polar surface area (TPSA) is 46.3 Å². The Labute approximate surface area is 100 Å². The van der Waals surface area contributed by atoms with E-state index >= 15 is 0 Å². The summed E-state index contributed by atoms with van der Waals surface area (Å²) < 4.78 is 0. The third kappa shape index (κ3) is 2.00. The minimum atomic E-state index is 0.0200. The van der Waals surface area contributed by atoms with Crippen LogP contribution < -0.4 is 5.73 Å². The molecule has 2 rings (SSSR count). The zero-order valence-electron chi connectivity index (χ0n) is 9.24. The average Bonchev–Trinajstić information content (AvgIpc) is 2.18. The van der Waals surface area contributed by atoms with Crippen molar-refractivity contribution in [3.05, 3.63) is 28.8 Å². The van der Waals surface area contributed by atoms with Gasteiger partial charge in [-0.3, -0.25) is 4.79 Å². The maximum absolute atomic E-state index is 12.1. The second-order valence-electron chi connectivity index (χ2n) is 4.24. The van der Waals surface area contributed by atoms with Gasteiger partial charge in [-0.05, 0) is 37.5 Å². The second-order valence-corrected chi connectivity index (χ2v) is 4.64. The summed E-state index contributed by atoms with van der Waals surface area (Å²) in [5.41, 5.74) is 6.71. The minimum Gasteiger partial charge on any atom is -0.398 e. The number of nitrogens with two attached hydrogens (primary N) is 1. The molecule has 1 aromatic rings. The molecule has 1 aliphatic carbocycles. The van der Waals surface area contributed by atoms with Crippen LogP contribution in [0.4, 0.5) is 5.69 Å². The van der Waals surface area contributed by atoms with Gasteiger partial charge in [0.2, 0.25) is 0 Å². The molecule has 0 atom stereocenters. The number of benzene rings is 1. The summed E-state index contributed by atoms with van der Waals surface area (Å²) in [5.74, 6) is 0.0200. The molecule has 0 heterocycles. The molecule has 1 aliphatic rings. The number of amides is 1. The summed E-state index contributed by atoms with van der Waals surface area (Å²) in [7, 11) is 1.84. The molecule has 1 amide bonds. The fraction of sp³-hybridized carbons (Fsp3) is 0.417. The zero-order valence-corrected chi connectivity index (χ0v) is 10.00. The summed E-state index contributed by atoms with van der Waals surface area (Å²) in [6.45, 7) is 0. The second kappa shape index (κ2) is 4.34. The van der Waals surface area contributed by atoms with Crippen LogP contribution >= 0.6 is 11.6 Å². The van der Waals surface area contributed by atoms with E-state index in [0.717, 1.165) is 12.8 Å². The lowest BCUT2D eigenvalue weighted by atomic mass is 9.91. The standard InChI is InChI=1S/C12H15ClN2O/c1-15(9-3-2-4-9)12(16)8-5-6-11(14)10(13)7-8/h5-7,9H,2-4,14H2,1H3. The first-order valence-corrected chi connectivity index (χ1v) is 5.79. The van der Waals surface area contributed by atoms with Crippen molar-refractivity contribution in [1.29, 1.82) is 0 Å². The Morgan fingerprint density at radius 3 is 2.69 bits per heavy atom. The normalized spacial score (nSPS) is 15.6. The quantitative estimate of drug-likeness (QED) is 0.805. The first kappa shape index (κ1) is 11.3.